The van der Waals surface area contributed by atoms with Gasteiger partial charge in [0.2, 0.25) is 0 Å². The summed E-state index contributed by atoms with van der Waals surface area (Å²) in [6.45, 7) is 29.2. The van der Waals surface area contributed by atoms with Gasteiger partial charge in [0.25, 0.3) is 0 Å². The molecular formula is C45H76N4O13. The van der Waals surface area contributed by atoms with Gasteiger partial charge in [0.05, 0.1) is 19.3 Å². The average molecular weight is 881 g/mol. The van der Waals surface area contributed by atoms with Crippen LogP contribution in [0.15, 0.2) is 24.3 Å². The maximum absolute atomic E-state index is 12.9. The van der Waals surface area contributed by atoms with E-state index in [9.17, 15) is 28.8 Å². The maximum Gasteiger partial charge on any atom is 0.407 e. The van der Waals surface area contributed by atoms with Crippen LogP contribution in [0.1, 0.15) is 128 Å². The van der Waals surface area contributed by atoms with Crippen molar-refractivity contribution < 1.29 is 61.9 Å². The van der Waals surface area contributed by atoms with Crippen LogP contribution in [-0.2, 0) is 42.7 Å². The number of hydrogen-bond donors (Lipinski definition) is 4. The predicted octanol–water partition coefficient (Wildman–Crippen LogP) is 7.26. The van der Waals surface area contributed by atoms with E-state index in [-0.39, 0.29) is 84.0 Å². The van der Waals surface area contributed by atoms with Gasteiger partial charge >= 0.3 is 36.3 Å². The van der Waals surface area contributed by atoms with E-state index in [0.29, 0.717) is 45.4 Å². The summed E-state index contributed by atoms with van der Waals surface area (Å²) in [6.07, 6.45) is 2.77. The summed E-state index contributed by atoms with van der Waals surface area (Å²) in [5, 5.41) is 11.7. The Morgan fingerprint density at radius 3 is 1.44 bits per heavy atom. The van der Waals surface area contributed by atoms with Crippen molar-refractivity contribution >= 4 is 36.3 Å². The second-order valence-corrected chi connectivity index (χ2v) is 20.1. The van der Waals surface area contributed by atoms with Crippen LogP contribution >= 0.6 is 0 Å². The Hall–Kier alpha value is -4.54. The van der Waals surface area contributed by atoms with Gasteiger partial charge in [-0.25, -0.2) is 28.8 Å². The Morgan fingerprint density at radius 2 is 1.00 bits per heavy atom. The van der Waals surface area contributed by atoms with Gasteiger partial charge in [0.15, 0.2) is 0 Å². The highest BCUT2D eigenvalue weighted by Gasteiger charge is 2.43. The topological polar surface area (TPSA) is 215 Å². The standard InChI is InChI=1S/C45H76N4O13/c1-30(2)35(50)57-18-20-60-39(54)48-33-22-41(6,7)26-44(12,24-33)28-46-37(52)59-16-14-32(5)56-17-15-43(10,11)62-38(53)47-29-45(13)25-34(23-42(8,9)27-45)49-40(55)61-21-19-58-36(51)31(3)4/h32-34H,1,3,14-29H2,2,4-13H3,(H,46,52)(H,47,53)(H,48,54)(H,49,55). The molecule has 4 amide bonds. The summed E-state index contributed by atoms with van der Waals surface area (Å²) in [5.41, 5.74) is -1.15. The minimum atomic E-state index is -0.820. The number of alkyl carbamates (subject to hydrolysis) is 4. The van der Waals surface area contributed by atoms with Gasteiger partial charge in [0.1, 0.15) is 32.0 Å². The normalized spacial score (nSPS) is 23.3. The van der Waals surface area contributed by atoms with Crippen molar-refractivity contribution in [2.24, 2.45) is 21.7 Å². The fourth-order valence-corrected chi connectivity index (χ4v) is 8.81. The second-order valence-electron chi connectivity index (χ2n) is 20.1. The molecule has 2 saturated carbocycles. The van der Waals surface area contributed by atoms with Crippen molar-refractivity contribution in [3.8, 4) is 0 Å². The molecule has 2 fully saturated rings. The van der Waals surface area contributed by atoms with Crippen LogP contribution < -0.4 is 21.3 Å². The van der Waals surface area contributed by atoms with Crippen molar-refractivity contribution in [2.75, 3.05) is 52.7 Å². The molecule has 62 heavy (non-hydrogen) atoms. The summed E-state index contributed by atoms with van der Waals surface area (Å²) in [5.74, 6) is -1.09. The van der Waals surface area contributed by atoms with Gasteiger partial charge in [-0.1, -0.05) is 54.7 Å². The summed E-state index contributed by atoms with van der Waals surface area (Å²) >= 11 is 0. The summed E-state index contributed by atoms with van der Waals surface area (Å²) in [6, 6.07) is -0.358. The van der Waals surface area contributed by atoms with Crippen molar-refractivity contribution in [1.29, 1.82) is 0 Å². The maximum atomic E-state index is 12.9. The van der Waals surface area contributed by atoms with Gasteiger partial charge in [-0.2, -0.15) is 0 Å². The molecule has 0 aromatic heterocycles. The van der Waals surface area contributed by atoms with Gasteiger partial charge in [-0.15, -0.1) is 0 Å². The third kappa shape index (κ3) is 21.5. The van der Waals surface area contributed by atoms with Crippen LogP contribution in [-0.4, -0.2) is 113 Å². The molecule has 5 unspecified atom stereocenters. The lowest BCUT2D eigenvalue weighted by Gasteiger charge is -2.46. The number of rotatable bonds is 22. The van der Waals surface area contributed by atoms with Gasteiger partial charge in [-0.3, -0.25) is 0 Å². The average Bonchev–Trinajstić information content (AvgIpc) is 3.11. The Kier molecular flexibility index (Phi) is 20.6. The quantitative estimate of drug-likeness (QED) is 0.0365. The van der Waals surface area contributed by atoms with Crippen LogP contribution in [0.2, 0.25) is 0 Å². The first-order valence-corrected chi connectivity index (χ1v) is 21.6. The zero-order chi connectivity index (χ0) is 46.9. The molecule has 2 rings (SSSR count). The number of carbonyl (C=O) groups is 6. The molecule has 17 heteroatoms. The molecular weight excluding hydrogens is 805 g/mol. The highest BCUT2D eigenvalue weighted by Crippen LogP contribution is 2.47. The zero-order valence-corrected chi connectivity index (χ0v) is 39.3. The van der Waals surface area contributed by atoms with E-state index in [1.54, 1.807) is 0 Å². The van der Waals surface area contributed by atoms with E-state index in [2.05, 4.69) is 76.0 Å². The van der Waals surface area contributed by atoms with Gasteiger partial charge < -0.3 is 54.4 Å². The molecule has 5 atom stereocenters. The third-order valence-corrected chi connectivity index (χ3v) is 10.9. The Bertz CT molecular complexity index is 1580. The fraction of sp³-hybridized carbons (Fsp3) is 0.778. The smallest absolute Gasteiger partial charge is 0.407 e. The number of esters is 2. The Balaban J connectivity index is 1.69. The lowest BCUT2D eigenvalue weighted by atomic mass is 9.62. The first-order valence-electron chi connectivity index (χ1n) is 21.6. The van der Waals surface area contributed by atoms with E-state index < -0.39 is 41.9 Å². The lowest BCUT2D eigenvalue weighted by Crippen LogP contribution is -2.51. The van der Waals surface area contributed by atoms with Crippen molar-refractivity contribution in [3.05, 3.63) is 24.3 Å². The minimum absolute atomic E-state index is 0.0648. The third-order valence-electron chi connectivity index (χ3n) is 10.9. The first kappa shape index (κ1) is 53.6. The van der Waals surface area contributed by atoms with Crippen LogP contribution in [0.4, 0.5) is 19.2 Å². The molecule has 2 aliphatic carbocycles. The minimum Gasteiger partial charge on any atom is -0.459 e. The Labute approximate surface area is 368 Å². The molecule has 0 aliphatic heterocycles. The van der Waals surface area contributed by atoms with Crippen molar-refractivity contribution in [2.45, 2.75) is 151 Å². The largest absolute Gasteiger partial charge is 0.459 e. The van der Waals surface area contributed by atoms with Gasteiger partial charge in [0, 0.05) is 49.2 Å². The number of amides is 4. The molecule has 354 valence electrons. The predicted molar refractivity (Wildman–Crippen MR) is 232 cm³/mol. The molecule has 0 bridgehead atoms. The molecule has 0 heterocycles. The molecule has 0 radical (unpaired) electrons. The number of ether oxygens (including phenoxy) is 7. The second kappa shape index (κ2) is 23.8. The number of carbonyl (C=O) groups excluding carboxylic acids is 6. The molecule has 0 saturated heterocycles. The van der Waals surface area contributed by atoms with E-state index >= 15 is 0 Å². The summed E-state index contributed by atoms with van der Waals surface area (Å²) < 4.78 is 37.5. The van der Waals surface area contributed by atoms with Crippen molar-refractivity contribution in [3.63, 3.8) is 0 Å². The van der Waals surface area contributed by atoms with Crippen LogP contribution in [0.3, 0.4) is 0 Å². The highest BCUT2D eigenvalue weighted by atomic mass is 16.6. The highest BCUT2D eigenvalue weighted by molar-refractivity contribution is 5.87. The number of nitrogens with one attached hydrogen (secondary N) is 4. The van der Waals surface area contributed by atoms with Crippen LogP contribution in [0.25, 0.3) is 0 Å². The first-order chi connectivity index (χ1) is 28.6. The molecule has 0 spiro atoms. The summed E-state index contributed by atoms with van der Waals surface area (Å²) in [4.78, 5) is 73.6. The van der Waals surface area contributed by atoms with E-state index in [1.165, 1.54) is 13.8 Å². The number of hydrogen-bond acceptors (Lipinski definition) is 13. The van der Waals surface area contributed by atoms with E-state index in [0.717, 1.165) is 25.7 Å². The molecule has 0 aromatic carbocycles. The van der Waals surface area contributed by atoms with E-state index in [1.807, 2.05) is 20.8 Å². The van der Waals surface area contributed by atoms with Crippen LogP contribution in [0.5, 0.6) is 0 Å². The molecule has 4 N–H and O–H groups in total. The lowest BCUT2D eigenvalue weighted by molar-refractivity contribution is -0.140. The molecule has 17 nitrogen and oxygen atoms in total. The zero-order valence-electron chi connectivity index (χ0n) is 39.3. The fourth-order valence-electron chi connectivity index (χ4n) is 8.81. The Morgan fingerprint density at radius 1 is 0.597 bits per heavy atom. The van der Waals surface area contributed by atoms with Gasteiger partial charge in [-0.05, 0) is 94.8 Å². The molecule has 0 aromatic rings. The SMILES string of the molecule is C=C(C)C(=O)OCCOC(=O)NC1CC(C)(C)CC(C)(CNC(=O)OCCC(C)OCCC(C)(C)OC(=O)NCC2(C)CC(NC(=O)OCCOC(=O)C(=C)C)CC(C)(C)C2)C1. The van der Waals surface area contributed by atoms with Crippen molar-refractivity contribution in [1.82, 2.24) is 21.3 Å². The monoisotopic (exact) mass is 881 g/mol. The van der Waals surface area contributed by atoms with E-state index in [4.69, 9.17) is 33.2 Å². The summed E-state index contributed by atoms with van der Waals surface area (Å²) in [7, 11) is 0. The van der Waals surface area contributed by atoms with Crippen LogP contribution in [0, 0.1) is 21.7 Å². The molecule has 2 aliphatic rings.